The van der Waals surface area contributed by atoms with Gasteiger partial charge in [0.1, 0.15) is 12.4 Å². The van der Waals surface area contributed by atoms with Crippen LogP contribution in [0.2, 0.25) is 0 Å². The fraction of sp³-hybridized carbons (Fsp3) is 0.900. The summed E-state index contributed by atoms with van der Waals surface area (Å²) < 4.78 is 11.3. The van der Waals surface area contributed by atoms with Crippen LogP contribution in [-0.2, 0) is 14.3 Å². The largest absolute Gasteiger partial charge is 0.347 e. The molecule has 0 aromatic rings. The Morgan fingerprint density at radius 1 is 1.31 bits per heavy atom. The van der Waals surface area contributed by atoms with E-state index in [2.05, 4.69) is 0 Å². The van der Waals surface area contributed by atoms with E-state index in [1.54, 1.807) is 0 Å². The van der Waals surface area contributed by atoms with Crippen molar-refractivity contribution in [2.45, 2.75) is 51.1 Å². The fourth-order valence-corrected chi connectivity index (χ4v) is 2.41. The molecular formula is C10H16O3. The minimum Gasteiger partial charge on any atom is -0.347 e. The Kier molecular flexibility index (Phi) is 2.16. The van der Waals surface area contributed by atoms with E-state index in [0.717, 1.165) is 25.5 Å². The van der Waals surface area contributed by atoms with E-state index in [1.807, 2.05) is 13.8 Å². The number of ether oxygens (including phenoxy) is 2. The lowest BCUT2D eigenvalue weighted by Gasteiger charge is -2.41. The first-order valence-electron chi connectivity index (χ1n) is 4.93. The van der Waals surface area contributed by atoms with E-state index in [4.69, 9.17) is 9.47 Å². The molecule has 1 saturated carbocycles. The third-order valence-electron chi connectivity index (χ3n) is 2.91. The minimum absolute atomic E-state index is 0.235. The number of rotatable bonds is 1. The molecule has 1 heterocycles. The summed E-state index contributed by atoms with van der Waals surface area (Å²) >= 11 is 0. The smallest absolute Gasteiger partial charge is 0.164 e. The van der Waals surface area contributed by atoms with Crippen LogP contribution >= 0.6 is 0 Å². The topological polar surface area (TPSA) is 35.5 Å². The summed E-state index contributed by atoms with van der Waals surface area (Å²) in [5.41, 5.74) is 0. The molecule has 3 heteroatoms. The molecule has 0 radical (unpaired) electrons. The zero-order valence-corrected chi connectivity index (χ0v) is 8.16. The van der Waals surface area contributed by atoms with E-state index in [1.165, 1.54) is 0 Å². The van der Waals surface area contributed by atoms with Crippen molar-refractivity contribution in [2.75, 3.05) is 0 Å². The molecule has 3 nitrogen and oxygen atoms in total. The standard InChI is InChI=1S/C10H16O3/c1-10(2)12-8-5-3-4-7(8)9(6-11)13-10/h6-9H,3-5H2,1-2H3/t7-,8-,9+/m1/s1. The van der Waals surface area contributed by atoms with E-state index in [0.29, 0.717) is 5.92 Å². The van der Waals surface area contributed by atoms with Gasteiger partial charge < -0.3 is 14.3 Å². The van der Waals surface area contributed by atoms with E-state index in [-0.39, 0.29) is 12.2 Å². The van der Waals surface area contributed by atoms with Gasteiger partial charge in [-0.25, -0.2) is 0 Å². The highest BCUT2D eigenvalue weighted by atomic mass is 16.7. The van der Waals surface area contributed by atoms with Crippen LogP contribution in [0.3, 0.4) is 0 Å². The van der Waals surface area contributed by atoms with Crippen LogP contribution < -0.4 is 0 Å². The second-order valence-electron chi connectivity index (χ2n) is 4.37. The summed E-state index contributed by atoms with van der Waals surface area (Å²) in [4.78, 5) is 10.8. The van der Waals surface area contributed by atoms with E-state index < -0.39 is 5.79 Å². The van der Waals surface area contributed by atoms with Crippen molar-refractivity contribution in [3.05, 3.63) is 0 Å². The van der Waals surface area contributed by atoms with Crippen LogP contribution in [-0.4, -0.2) is 24.3 Å². The zero-order valence-electron chi connectivity index (χ0n) is 8.16. The number of carbonyl (C=O) groups is 1. The molecule has 1 aliphatic heterocycles. The van der Waals surface area contributed by atoms with Crippen LogP contribution in [0.4, 0.5) is 0 Å². The average Bonchev–Trinajstić information content (AvgIpc) is 2.48. The first kappa shape index (κ1) is 9.16. The second kappa shape index (κ2) is 3.07. The normalized spacial score (nSPS) is 42.8. The summed E-state index contributed by atoms with van der Waals surface area (Å²) in [6.45, 7) is 3.75. The van der Waals surface area contributed by atoms with Gasteiger partial charge in [-0.2, -0.15) is 0 Å². The quantitative estimate of drug-likeness (QED) is 0.579. The van der Waals surface area contributed by atoms with Crippen molar-refractivity contribution in [1.82, 2.24) is 0 Å². The molecule has 2 rings (SSSR count). The van der Waals surface area contributed by atoms with Crippen LogP contribution in [0.1, 0.15) is 33.1 Å². The molecule has 13 heavy (non-hydrogen) atoms. The molecule has 1 saturated heterocycles. The third-order valence-corrected chi connectivity index (χ3v) is 2.91. The van der Waals surface area contributed by atoms with E-state index in [9.17, 15) is 4.79 Å². The molecule has 2 aliphatic rings. The summed E-state index contributed by atoms with van der Waals surface area (Å²) in [6.07, 6.45) is 4.19. The highest BCUT2D eigenvalue weighted by Gasteiger charge is 2.45. The van der Waals surface area contributed by atoms with Gasteiger partial charge in [0, 0.05) is 5.92 Å². The van der Waals surface area contributed by atoms with Crippen molar-refractivity contribution in [1.29, 1.82) is 0 Å². The van der Waals surface area contributed by atoms with Gasteiger partial charge in [0.15, 0.2) is 5.79 Å². The molecule has 0 amide bonds. The van der Waals surface area contributed by atoms with Gasteiger partial charge in [-0.3, -0.25) is 0 Å². The summed E-state index contributed by atoms with van der Waals surface area (Å²) in [7, 11) is 0. The second-order valence-corrected chi connectivity index (χ2v) is 4.37. The van der Waals surface area contributed by atoms with Crippen LogP contribution in [0.5, 0.6) is 0 Å². The third kappa shape index (κ3) is 1.63. The number of fused-ring (bicyclic) bond motifs is 1. The number of aldehydes is 1. The molecule has 74 valence electrons. The lowest BCUT2D eigenvalue weighted by Crippen LogP contribution is -2.49. The summed E-state index contributed by atoms with van der Waals surface area (Å²) in [5, 5.41) is 0. The predicted molar refractivity (Wildman–Crippen MR) is 47.2 cm³/mol. The fourth-order valence-electron chi connectivity index (χ4n) is 2.41. The van der Waals surface area contributed by atoms with Crippen molar-refractivity contribution in [3.63, 3.8) is 0 Å². The molecule has 0 aromatic heterocycles. The maximum atomic E-state index is 10.8. The Morgan fingerprint density at radius 2 is 2.08 bits per heavy atom. The monoisotopic (exact) mass is 184 g/mol. The summed E-state index contributed by atoms with van der Waals surface area (Å²) in [6, 6.07) is 0. The van der Waals surface area contributed by atoms with Gasteiger partial charge in [-0.1, -0.05) is 6.42 Å². The average molecular weight is 184 g/mol. The van der Waals surface area contributed by atoms with Crippen LogP contribution in [0, 0.1) is 5.92 Å². The lowest BCUT2D eigenvalue weighted by atomic mass is 9.97. The molecular weight excluding hydrogens is 168 g/mol. The molecule has 3 atom stereocenters. The van der Waals surface area contributed by atoms with Crippen LogP contribution in [0.15, 0.2) is 0 Å². The zero-order chi connectivity index (χ0) is 9.47. The van der Waals surface area contributed by atoms with Gasteiger partial charge in [-0.15, -0.1) is 0 Å². The summed E-state index contributed by atoms with van der Waals surface area (Å²) in [5.74, 6) is -0.289. The minimum atomic E-state index is -0.586. The Labute approximate surface area is 78.4 Å². The molecule has 0 spiro atoms. The van der Waals surface area contributed by atoms with Gasteiger partial charge in [0.2, 0.25) is 0 Å². The number of carbonyl (C=O) groups excluding carboxylic acids is 1. The molecule has 0 aromatic carbocycles. The maximum Gasteiger partial charge on any atom is 0.164 e. The SMILES string of the molecule is CC1(C)O[C@@H](C=O)[C@@H]2CCC[C@H]2O1. The van der Waals surface area contributed by atoms with Crippen LogP contribution in [0.25, 0.3) is 0 Å². The predicted octanol–water partition coefficient (Wildman–Crippen LogP) is 1.51. The Balaban J connectivity index is 2.15. The first-order chi connectivity index (χ1) is 6.12. The maximum absolute atomic E-state index is 10.8. The number of hydrogen-bond acceptors (Lipinski definition) is 3. The van der Waals surface area contributed by atoms with Gasteiger partial charge in [-0.05, 0) is 26.7 Å². The Bertz CT molecular complexity index is 212. The molecule has 0 bridgehead atoms. The van der Waals surface area contributed by atoms with Gasteiger partial charge in [0.05, 0.1) is 6.10 Å². The van der Waals surface area contributed by atoms with Crippen molar-refractivity contribution in [3.8, 4) is 0 Å². The Morgan fingerprint density at radius 3 is 2.77 bits per heavy atom. The highest BCUT2D eigenvalue weighted by Crippen LogP contribution is 2.39. The molecule has 2 fully saturated rings. The van der Waals surface area contributed by atoms with Gasteiger partial charge in [0.25, 0.3) is 0 Å². The van der Waals surface area contributed by atoms with Crippen molar-refractivity contribution in [2.24, 2.45) is 5.92 Å². The highest BCUT2D eigenvalue weighted by molar-refractivity contribution is 5.57. The van der Waals surface area contributed by atoms with Crippen molar-refractivity contribution >= 4 is 6.29 Å². The van der Waals surface area contributed by atoms with Crippen molar-refractivity contribution < 1.29 is 14.3 Å². The van der Waals surface area contributed by atoms with E-state index >= 15 is 0 Å². The lowest BCUT2D eigenvalue weighted by molar-refractivity contribution is -0.305. The molecule has 1 aliphatic carbocycles. The first-order valence-corrected chi connectivity index (χ1v) is 4.93. The Hall–Kier alpha value is -0.410. The molecule has 0 unspecified atom stereocenters. The number of hydrogen-bond donors (Lipinski definition) is 0. The molecule has 0 N–H and O–H groups in total. The van der Waals surface area contributed by atoms with Gasteiger partial charge >= 0.3 is 0 Å².